The number of hydrogen-bond acceptors (Lipinski definition) is 3. The molecule has 3 rings (SSSR count). The number of rotatable bonds is 1. The minimum Gasteiger partial charge on any atom is -0.507 e. The lowest BCUT2D eigenvalue weighted by atomic mass is 9.94. The predicted octanol–water partition coefficient (Wildman–Crippen LogP) is 2.88. The Hall–Kier alpha value is -1.61. The van der Waals surface area contributed by atoms with Crippen LogP contribution in [0.2, 0.25) is 0 Å². The van der Waals surface area contributed by atoms with Gasteiger partial charge in [-0.1, -0.05) is 12.1 Å². The van der Waals surface area contributed by atoms with Gasteiger partial charge in [-0.25, -0.2) is 0 Å². The van der Waals surface area contributed by atoms with E-state index < -0.39 is 0 Å². The summed E-state index contributed by atoms with van der Waals surface area (Å²) in [6.07, 6.45) is 0. The number of benzene rings is 2. The number of fused-ring (bicyclic) bond motifs is 3. The highest BCUT2D eigenvalue weighted by Crippen LogP contribution is 2.44. The van der Waals surface area contributed by atoms with E-state index in [-0.39, 0.29) is 11.7 Å². The Bertz CT molecular complexity index is 597. The standard InChI is InChI=1S/C13H13ClN2O/c14-5-7-6-16-10-4-11(17)8-2-1-3-9(15)13(8)12(7)10/h1-4,7,16-17H,5-6,15H2/t7-/m1/s1. The number of nitrogen functional groups attached to an aromatic ring is 1. The summed E-state index contributed by atoms with van der Waals surface area (Å²) < 4.78 is 0. The molecule has 4 heteroatoms. The fourth-order valence-electron chi connectivity index (χ4n) is 2.55. The molecule has 2 aromatic rings. The first-order chi connectivity index (χ1) is 8.22. The molecule has 3 nitrogen and oxygen atoms in total. The first kappa shape index (κ1) is 10.5. The van der Waals surface area contributed by atoms with Crippen LogP contribution in [0, 0.1) is 0 Å². The number of nitrogens with one attached hydrogen (secondary N) is 1. The molecular formula is C13H13ClN2O. The molecule has 0 aliphatic carbocycles. The molecule has 4 N–H and O–H groups in total. The maximum Gasteiger partial charge on any atom is 0.125 e. The topological polar surface area (TPSA) is 58.3 Å². The molecule has 17 heavy (non-hydrogen) atoms. The normalized spacial score (nSPS) is 18.1. The molecule has 2 aromatic carbocycles. The number of anilines is 2. The first-order valence-electron chi connectivity index (χ1n) is 5.56. The van der Waals surface area contributed by atoms with Crippen molar-refractivity contribution in [2.75, 3.05) is 23.5 Å². The Balaban J connectivity index is 2.43. The Morgan fingerprint density at radius 2 is 2.29 bits per heavy atom. The number of phenolic OH excluding ortho intramolecular Hbond substituents is 1. The SMILES string of the molecule is Nc1cccc2c(O)cc3c(c12)[C@H](CCl)CN3. The zero-order valence-corrected chi connectivity index (χ0v) is 9.96. The van der Waals surface area contributed by atoms with Gasteiger partial charge in [0, 0.05) is 46.6 Å². The number of alkyl halides is 1. The van der Waals surface area contributed by atoms with E-state index in [0.29, 0.717) is 11.6 Å². The predicted molar refractivity (Wildman–Crippen MR) is 72.0 cm³/mol. The number of aromatic hydroxyl groups is 1. The van der Waals surface area contributed by atoms with Crippen LogP contribution in [0.15, 0.2) is 24.3 Å². The number of hydrogen-bond donors (Lipinski definition) is 3. The third-order valence-electron chi connectivity index (χ3n) is 3.35. The lowest BCUT2D eigenvalue weighted by Gasteiger charge is -2.13. The van der Waals surface area contributed by atoms with Crippen molar-refractivity contribution >= 4 is 33.7 Å². The fraction of sp³-hybridized carbons (Fsp3) is 0.231. The molecule has 88 valence electrons. The molecule has 0 amide bonds. The Kier molecular flexibility index (Phi) is 2.30. The van der Waals surface area contributed by atoms with Crippen molar-refractivity contribution in [3.63, 3.8) is 0 Å². The Labute approximate surface area is 104 Å². The summed E-state index contributed by atoms with van der Waals surface area (Å²) >= 11 is 5.98. The zero-order chi connectivity index (χ0) is 12.0. The molecule has 1 aliphatic rings. The molecule has 0 aromatic heterocycles. The van der Waals surface area contributed by atoms with Crippen molar-refractivity contribution in [2.24, 2.45) is 0 Å². The second-order valence-electron chi connectivity index (χ2n) is 4.36. The second-order valence-corrected chi connectivity index (χ2v) is 4.67. The van der Waals surface area contributed by atoms with Gasteiger partial charge in [0.1, 0.15) is 5.75 Å². The third-order valence-corrected chi connectivity index (χ3v) is 3.72. The van der Waals surface area contributed by atoms with Gasteiger partial charge in [0.15, 0.2) is 0 Å². The monoisotopic (exact) mass is 248 g/mol. The first-order valence-corrected chi connectivity index (χ1v) is 6.09. The van der Waals surface area contributed by atoms with E-state index in [4.69, 9.17) is 17.3 Å². The smallest absolute Gasteiger partial charge is 0.125 e. The summed E-state index contributed by atoms with van der Waals surface area (Å²) in [5.41, 5.74) is 8.80. The van der Waals surface area contributed by atoms with Gasteiger partial charge in [-0.15, -0.1) is 11.6 Å². The third kappa shape index (κ3) is 1.42. The molecule has 1 atom stereocenters. The largest absolute Gasteiger partial charge is 0.507 e. The quantitative estimate of drug-likeness (QED) is 0.537. The maximum absolute atomic E-state index is 9.99. The van der Waals surface area contributed by atoms with Crippen LogP contribution < -0.4 is 11.1 Å². The van der Waals surface area contributed by atoms with Crippen molar-refractivity contribution < 1.29 is 5.11 Å². The van der Waals surface area contributed by atoms with E-state index in [0.717, 1.165) is 28.6 Å². The van der Waals surface area contributed by atoms with Gasteiger partial charge >= 0.3 is 0 Å². The van der Waals surface area contributed by atoms with Gasteiger partial charge < -0.3 is 16.2 Å². The molecular weight excluding hydrogens is 236 g/mol. The van der Waals surface area contributed by atoms with E-state index >= 15 is 0 Å². The maximum atomic E-state index is 9.99. The minimum absolute atomic E-state index is 0.250. The number of nitrogens with two attached hydrogens (primary N) is 1. The van der Waals surface area contributed by atoms with Crippen molar-refractivity contribution in [3.8, 4) is 5.75 Å². The van der Waals surface area contributed by atoms with E-state index in [1.165, 1.54) is 0 Å². The molecule has 0 bridgehead atoms. The van der Waals surface area contributed by atoms with Gasteiger partial charge in [0.25, 0.3) is 0 Å². The average molecular weight is 249 g/mol. The molecule has 0 unspecified atom stereocenters. The van der Waals surface area contributed by atoms with Crippen LogP contribution in [0.5, 0.6) is 5.75 Å². The fourth-order valence-corrected chi connectivity index (χ4v) is 2.81. The lowest BCUT2D eigenvalue weighted by Crippen LogP contribution is -2.03. The molecule has 0 spiro atoms. The highest BCUT2D eigenvalue weighted by molar-refractivity contribution is 6.19. The van der Waals surface area contributed by atoms with Gasteiger partial charge in [-0.05, 0) is 11.6 Å². The average Bonchev–Trinajstić information content (AvgIpc) is 2.72. The van der Waals surface area contributed by atoms with Gasteiger partial charge in [-0.3, -0.25) is 0 Å². The molecule has 0 saturated heterocycles. The molecule has 1 aliphatic heterocycles. The molecule has 0 saturated carbocycles. The summed E-state index contributed by atoms with van der Waals surface area (Å²) in [5, 5.41) is 15.0. The summed E-state index contributed by atoms with van der Waals surface area (Å²) in [7, 11) is 0. The van der Waals surface area contributed by atoms with Crippen LogP contribution in [-0.2, 0) is 0 Å². The van der Waals surface area contributed by atoms with Crippen molar-refractivity contribution in [1.29, 1.82) is 0 Å². The van der Waals surface area contributed by atoms with Crippen molar-refractivity contribution in [3.05, 3.63) is 29.8 Å². The summed E-state index contributed by atoms with van der Waals surface area (Å²) in [4.78, 5) is 0. The van der Waals surface area contributed by atoms with Crippen LogP contribution in [0.1, 0.15) is 11.5 Å². The van der Waals surface area contributed by atoms with Crippen molar-refractivity contribution in [1.82, 2.24) is 0 Å². The van der Waals surface area contributed by atoms with E-state index in [1.807, 2.05) is 18.2 Å². The molecule has 1 heterocycles. The Morgan fingerprint density at radius 1 is 1.47 bits per heavy atom. The summed E-state index contributed by atoms with van der Waals surface area (Å²) in [6.45, 7) is 0.797. The second kappa shape index (κ2) is 3.70. The van der Waals surface area contributed by atoms with Crippen LogP contribution in [0.3, 0.4) is 0 Å². The van der Waals surface area contributed by atoms with Crippen LogP contribution in [0.4, 0.5) is 11.4 Å². The summed E-state index contributed by atoms with van der Waals surface area (Å²) in [6, 6.07) is 7.34. The minimum atomic E-state index is 0.250. The van der Waals surface area contributed by atoms with Crippen LogP contribution >= 0.6 is 11.6 Å². The highest BCUT2D eigenvalue weighted by Gasteiger charge is 2.26. The van der Waals surface area contributed by atoms with E-state index in [9.17, 15) is 5.11 Å². The number of phenols is 1. The highest BCUT2D eigenvalue weighted by atomic mass is 35.5. The van der Waals surface area contributed by atoms with E-state index in [1.54, 1.807) is 6.07 Å². The van der Waals surface area contributed by atoms with Gasteiger partial charge in [0.2, 0.25) is 0 Å². The zero-order valence-electron chi connectivity index (χ0n) is 9.20. The van der Waals surface area contributed by atoms with Crippen LogP contribution in [0.25, 0.3) is 10.8 Å². The van der Waals surface area contributed by atoms with E-state index in [2.05, 4.69) is 5.32 Å². The summed E-state index contributed by atoms with van der Waals surface area (Å²) in [5.74, 6) is 1.06. The number of halogens is 1. The molecule has 0 fully saturated rings. The van der Waals surface area contributed by atoms with Crippen molar-refractivity contribution in [2.45, 2.75) is 5.92 Å². The van der Waals surface area contributed by atoms with Crippen LogP contribution in [-0.4, -0.2) is 17.5 Å². The Morgan fingerprint density at radius 3 is 3.06 bits per heavy atom. The lowest BCUT2D eigenvalue weighted by molar-refractivity contribution is 0.482. The van der Waals surface area contributed by atoms with Gasteiger partial charge in [-0.2, -0.15) is 0 Å². The molecule has 0 radical (unpaired) electrons. The van der Waals surface area contributed by atoms with Gasteiger partial charge in [0.05, 0.1) is 0 Å².